The first kappa shape index (κ1) is 39.4. The number of carbonyl (C=O) groups excluding carboxylic acids is 4. The molecule has 2 saturated carbocycles. The largest absolute Gasteiger partial charge is 0.465 e. The summed E-state index contributed by atoms with van der Waals surface area (Å²) in [7, 11) is -4.00. The maximum Gasteiger partial charge on any atom is 0.411 e. The van der Waals surface area contributed by atoms with Crippen molar-refractivity contribution in [3.63, 3.8) is 0 Å². The van der Waals surface area contributed by atoms with Gasteiger partial charge in [-0.3, -0.25) is 28.9 Å². The van der Waals surface area contributed by atoms with Crippen molar-refractivity contribution in [3.8, 4) is 0 Å². The summed E-state index contributed by atoms with van der Waals surface area (Å²) < 4.78 is 47.2. The molecule has 4 amide bonds. The minimum Gasteiger partial charge on any atom is -0.465 e. The van der Waals surface area contributed by atoms with Gasteiger partial charge in [0.05, 0.1) is 22.5 Å². The Labute approximate surface area is 304 Å². The number of rotatable bonds is 6. The fourth-order valence-electron chi connectivity index (χ4n) is 7.47. The lowest BCUT2D eigenvalue weighted by Crippen LogP contribution is -2.56. The zero-order valence-electron chi connectivity index (χ0n) is 30.7. The van der Waals surface area contributed by atoms with E-state index < -0.39 is 85.6 Å². The molecule has 0 spiro atoms. The van der Waals surface area contributed by atoms with E-state index >= 15 is 0 Å². The van der Waals surface area contributed by atoms with Gasteiger partial charge in [0.25, 0.3) is 5.91 Å². The highest BCUT2D eigenvalue weighted by Gasteiger charge is 2.63. The molecule has 0 aromatic carbocycles. The zero-order valence-corrected chi connectivity index (χ0v) is 31.6. The second-order valence-electron chi connectivity index (χ2n) is 16.5. The van der Waals surface area contributed by atoms with E-state index in [1.165, 1.54) is 0 Å². The van der Waals surface area contributed by atoms with Gasteiger partial charge in [-0.2, -0.15) is 0 Å². The first-order valence-electron chi connectivity index (χ1n) is 18.1. The second kappa shape index (κ2) is 14.6. The van der Waals surface area contributed by atoms with Gasteiger partial charge < -0.3 is 20.5 Å². The number of hydrogen-bond donors (Lipinski definition) is 4. The van der Waals surface area contributed by atoms with Crippen LogP contribution in [-0.2, 0) is 29.1 Å². The average molecular weight is 750 g/mol. The van der Waals surface area contributed by atoms with Crippen LogP contribution in [0.25, 0.3) is 0 Å². The standard InChI is InChI=1S/C36H52FN5O9S/c1-21-9-7-8-10-23-19-36(23,31(45)40-52(49,50)35(6)14-15-35)39-30(44)27-18-24(20-41(27)16-13-22(2)17-21)42(33(47)48)26-12-11-25(37)29(43)28(26)38-32(46)51-34(3,4)5/h8,10-12,21-24,27-28H,7,9,13-20H2,1-6H3,(H,38,46)(H,39,44)(H,40,45)(H,47,48)/b10-8-/t21-,22+,23-,24-,27+,28+,36-/m1/s1. The molecule has 52 heavy (non-hydrogen) atoms. The highest BCUT2D eigenvalue weighted by Crippen LogP contribution is 2.47. The van der Waals surface area contributed by atoms with Crippen LogP contribution in [0, 0.1) is 17.8 Å². The molecule has 0 radical (unpaired) electrons. The van der Waals surface area contributed by atoms with Gasteiger partial charge in [-0.15, -0.1) is 0 Å². The van der Waals surface area contributed by atoms with E-state index in [1.807, 2.05) is 17.1 Å². The van der Waals surface area contributed by atoms with Crippen molar-refractivity contribution in [2.45, 2.75) is 127 Å². The first-order valence-corrected chi connectivity index (χ1v) is 19.6. The fraction of sp³-hybridized carbons (Fsp3) is 0.694. The molecular weight excluding hydrogens is 697 g/mol. The van der Waals surface area contributed by atoms with Gasteiger partial charge in [0.1, 0.15) is 17.2 Å². The number of carbonyl (C=O) groups is 5. The summed E-state index contributed by atoms with van der Waals surface area (Å²) in [5, 5.41) is 15.7. The summed E-state index contributed by atoms with van der Waals surface area (Å²) in [4.78, 5) is 69.5. The molecule has 0 aromatic heterocycles. The average Bonchev–Trinajstić information content (AvgIpc) is 3.90. The Bertz CT molecular complexity index is 1680. The molecule has 0 aromatic rings. The van der Waals surface area contributed by atoms with Crippen LogP contribution < -0.4 is 15.4 Å². The van der Waals surface area contributed by atoms with Gasteiger partial charge in [-0.25, -0.2) is 22.4 Å². The van der Waals surface area contributed by atoms with Crippen molar-refractivity contribution in [3.05, 3.63) is 35.8 Å². The molecule has 4 N–H and O–H groups in total. The van der Waals surface area contributed by atoms with Gasteiger partial charge >= 0.3 is 12.2 Å². The number of ketones is 1. The number of fused-ring (bicyclic) bond motifs is 2. The molecule has 5 aliphatic rings. The minimum atomic E-state index is -4.00. The molecular formula is C36H52FN5O9S. The van der Waals surface area contributed by atoms with E-state index in [2.05, 4.69) is 29.2 Å². The smallest absolute Gasteiger partial charge is 0.411 e. The Morgan fingerprint density at radius 1 is 1.10 bits per heavy atom. The third-order valence-electron chi connectivity index (χ3n) is 10.9. The van der Waals surface area contributed by atoms with E-state index in [4.69, 9.17) is 4.74 Å². The van der Waals surface area contributed by atoms with Crippen molar-refractivity contribution in [1.29, 1.82) is 0 Å². The molecule has 2 aliphatic heterocycles. The number of amides is 4. The summed E-state index contributed by atoms with van der Waals surface area (Å²) in [6, 6.07) is -3.57. The Balaban J connectivity index is 1.45. The fourth-order valence-corrected chi connectivity index (χ4v) is 8.79. The van der Waals surface area contributed by atoms with Gasteiger partial charge in [-0.1, -0.05) is 26.0 Å². The number of alkyl carbamates (subject to hydrolysis) is 1. The molecule has 5 rings (SSSR count). The summed E-state index contributed by atoms with van der Waals surface area (Å²) in [6.45, 7) is 11.1. The molecule has 7 atom stereocenters. The van der Waals surface area contributed by atoms with Gasteiger partial charge in [0.15, 0.2) is 5.83 Å². The lowest BCUT2D eigenvalue weighted by molar-refractivity contribution is -0.131. The second-order valence-corrected chi connectivity index (χ2v) is 18.7. The Hall–Kier alpha value is -3.79. The predicted octanol–water partition coefficient (Wildman–Crippen LogP) is 3.90. The molecule has 1 saturated heterocycles. The van der Waals surface area contributed by atoms with Crippen molar-refractivity contribution >= 4 is 39.8 Å². The van der Waals surface area contributed by atoms with Crippen LogP contribution in [-0.4, -0.2) is 100 Å². The molecule has 288 valence electrons. The van der Waals surface area contributed by atoms with Gasteiger partial charge in [0.2, 0.25) is 21.7 Å². The number of hydrogen-bond acceptors (Lipinski definition) is 9. The SMILES string of the molecule is C[C@@H]1CC/C=C\[C@@H]2C[C@@]2(C(=O)NS(=O)(=O)C2(C)CC2)NC(=O)[C@@H]2C[C@@H](N(C(=O)O)C3=CC=C(F)C(=O)[C@H]3NC(=O)OC(C)(C)C)CN2CC[C@H](C)C1. The lowest BCUT2D eigenvalue weighted by Gasteiger charge is -2.34. The first-order chi connectivity index (χ1) is 24.2. The van der Waals surface area contributed by atoms with Crippen LogP contribution in [0.5, 0.6) is 0 Å². The third-order valence-corrected chi connectivity index (χ3v) is 13.1. The zero-order chi connectivity index (χ0) is 38.4. The van der Waals surface area contributed by atoms with E-state index in [0.29, 0.717) is 31.7 Å². The van der Waals surface area contributed by atoms with Gasteiger partial charge in [-0.05, 0) is 110 Å². The molecule has 3 fully saturated rings. The maximum absolute atomic E-state index is 14.6. The summed E-state index contributed by atoms with van der Waals surface area (Å²) in [5.74, 6) is -3.48. The van der Waals surface area contributed by atoms with Crippen molar-refractivity contribution < 1.29 is 46.6 Å². The monoisotopic (exact) mass is 749 g/mol. The molecule has 14 nitrogen and oxygen atoms in total. The number of allylic oxidation sites excluding steroid dienone is 3. The molecule has 0 unspecified atom stereocenters. The van der Waals surface area contributed by atoms with Crippen molar-refractivity contribution in [1.82, 2.24) is 25.2 Å². The van der Waals surface area contributed by atoms with Gasteiger partial charge in [0, 0.05) is 12.5 Å². The van der Waals surface area contributed by atoms with Crippen LogP contribution in [0.1, 0.15) is 92.9 Å². The number of sulfonamides is 1. The number of carboxylic acid groups (broad SMARTS) is 1. The van der Waals surface area contributed by atoms with Crippen molar-refractivity contribution in [2.24, 2.45) is 17.8 Å². The maximum atomic E-state index is 14.6. The van der Waals surface area contributed by atoms with E-state index in [0.717, 1.165) is 36.3 Å². The summed E-state index contributed by atoms with van der Waals surface area (Å²) in [5.41, 5.74) is -2.68. The number of ether oxygens (including phenoxy) is 1. The summed E-state index contributed by atoms with van der Waals surface area (Å²) in [6.07, 6.45) is 7.55. The summed E-state index contributed by atoms with van der Waals surface area (Å²) >= 11 is 0. The number of nitrogens with zero attached hydrogens (tertiary/aromatic N) is 2. The molecule has 16 heteroatoms. The molecule has 2 heterocycles. The highest BCUT2D eigenvalue weighted by molar-refractivity contribution is 7.91. The normalized spacial score (nSPS) is 33.0. The predicted molar refractivity (Wildman–Crippen MR) is 189 cm³/mol. The Morgan fingerprint density at radius 3 is 2.40 bits per heavy atom. The van der Waals surface area contributed by atoms with Crippen LogP contribution in [0.15, 0.2) is 35.8 Å². The van der Waals surface area contributed by atoms with Crippen LogP contribution >= 0.6 is 0 Å². The lowest BCUT2D eigenvalue weighted by atomic mass is 9.91. The van der Waals surface area contributed by atoms with Crippen LogP contribution in [0.3, 0.4) is 0 Å². The molecule has 0 bridgehead atoms. The third kappa shape index (κ3) is 8.53. The number of nitrogens with one attached hydrogen (secondary N) is 3. The van der Waals surface area contributed by atoms with E-state index in [9.17, 15) is 41.9 Å². The minimum absolute atomic E-state index is 0.0544. The Kier molecular flexibility index (Phi) is 11.0. The van der Waals surface area contributed by atoms with Crippen LogP contribution in [0.2, 0.25) is 0 Å². The highest BCUT2D eigenvalue weighted by atomic mass is 32.2. The van der Waals surface area contributed by atoms with Crippen molar-refractivity contribution in [2.75, 3.05) is 13.1 Å². The Morgan fingerprint density at radius 2 is 1.77 bits per heavy atom. The number of Topliss-reactive ketones (excluding diaryl/α,β-unsaturated/α-hetero) is 1. The number of halogens is 1. The van der Waals surface area contributed by atoms with E-state index in [-0.39, 0.29) is 31.0 Å². The van der Waals surface area contributed by atoms with Crippen LogP contribution in [0.4, 0.5) is 14.0 Å². The van der Waals surface area contributed by atoms with E-state index in [1.54, 1.807) is 27.7 Å². The topological polar surface area (TPSA) is 192 Å². The quantitative estimate of drug-likeness (QED) is 0.290. The molecule has 3 aliphatic carbocycles.